The van der Waals surface area contributed by atoms with Crippen molar-refractivity contribution in [3.8, 4) is 0 Å². The second-order valence-corrected chi connectivity index (χ2v) is 4.16. The number of nitrogens with two attached hydrogens (primary N) is 1. The number of benzene rings is 1. The van der Waals surface area contributed by atoms with E-state index in [0.29, 0.717) is 10.4 Å². The maximum absolute atomic E-state index is 12.7. The van der Waals surface area contributed by atoms with E-state index in [1.54, 1.807) is 0 Å². The van der Waals surface area contributed by atoms with Crippen molar-refractivity contribution in [2.24, 2.45) is 0 Å². The van der Waals surface area contributed by atoms with Gasteiger partial charge >= 0.3 is 0 Å². The molecule has 1 aromatic carbocycles. The molecule has 0 aliphatic rings. The van der Waals surface area contributed by atoms with Gasteiger partial charge in [-0.2, -0.15) is 4.98 Å². The molecule has 94 valence electrons. The summed E-state index contributed by atoms with van der Waals surface area (Å²) in [5.74, 6) is -0.594. The van der Waals surface area contributed by atoms with Crippen molar-refractivity contribution in [1.82, 2.24) is 14.8 Å². The number of hydrogen-bond donors (Lipinski definition) is 2. The number of carbonyl (C=O) groups is 1. The third-order valence-electron chi connectivity index (χ3n) is 2.06. The van der Waals surface area contributed by atoms with E-state index < -0.39 is 0 Å². The maximum Gasteiger partial charge on any atom is 0.246 e. The molecule has 3 N–H and O–H groups in total. The van der Waals surface area contributed by atoms with Gasteiger partial charge in [-0.05, 0) is 40.2 Å². The van der Waals surface area contributed by atoms with Crippen molar-refractivity contribution in [2.75, 3.05) is 11.1 Å². The maximum atomic E-state index is 12.7. The Bertz CT molecular complexity index is 568. The Balaban J connectivity index is 2.01. The number of nitrogens with zero attached hydrogens (tertiary/aromatic N) is 3. The van der Waals surface area contributed by atoms with Crippen LogP contribution in [0, 0.1) is 5.82 Å². The topological polar surface area (TPSA) is 85.8 Å². The van der Waals surface area contributed by atoms with E-state index in [0.717, 1.165) is 0 Å². The van der Waals surface area contributed by atoms with Crippen LogP contribution in [-0.4, -0.2) is 20.7 Å². The van der Waals surface area contributed by atoms with Crippen LogP contribution >= 0.6 is 15.9 Å². The van der Waals surface area contributed by atoms with Gasteiger partial charge in [-0.15, -0.1) is 5.10 Å². The molecule has 0 radical (unpaired) electrons. The van der Waals surface area contributed by atoms with Crippen LogP contribution in [0.4, 0.5) is 16.0 Å². The van der Waals surface area contributed by atoms with Crippen LogP contribution < -0.4 is 11.1 Å². The SMILES string of the molecule is Nc1nc(Br)n(CC(=O)Nc2ccc(F)cc2)n1. The molecule has 0 saturated carbocycles. The zero-order chi connectivity index (χ0) is 13.1. The van der Waals surface area contributed by atoms with Crippen LogP contribution in [0.15, 0.2) is 29.0 Å². The largest absolute Gasteiger partial charge is 0.366 e. The Hall–Kier alpha value is -1.96. The lowest BCUT2D eigenvalue weighted by molar-refractivity contribution is -0.116. The van der Waals surface area contributed by atoms with E-state index in [1.807, 2.05) is 0 Å². The summed E-state index contributed by atoms with van der Waals surface area (Å²) in [5.41, 5.74) is 5.88. The van der Waals surface area contributed by atoms with E-state index in [2.05, 4.69) is 31.3 Å². The summed E-state index contributed by atoms with van der Waals surface area (Å²) < 4.78 is 14.4. The molecule has 0 atom stereocenters. The fourth-order valence-electron chi connectivity index (χ4n) is 1.31. The van der Waals surface area contributed by atoms with Crippen molar-refractivity contribution >= 4 is 33.5 Å². The highest BCUT2D eigenvalue weighted by molar-refractivity contribution is 9.10. The molecular weight excluding hydrogens is 305 g/mol. The molecule has 0 aliphatic carbocycles. The minimum absolute atomic E-state index is 0.0395. The fraction of sp³-hybridized carbons (Fsp3) is 0.100. The number of amides is 1. The first kappa shape index (κ1) is 12.5. The van der Waals surface area contributed by atoms with Gasteiger partial charge in [-0.3, -0.25) is 4.79 Å². The van der Waals surface area contributed by atoms with E-state index >= 15 is 0 Å². The van der Waals surface area contributed by atoms with Gasteiger partial charge in [-0.25, -0.2) is 9.07 Å². The van der Waals surface area contributed by atoms with Gasteiger partial charge in [0.15, 0.2) is 4.73 Å². The predicted octanol–water partition coefficient (Wildman–Crippen LogP) is 1.40. The predicted molar refractivity (Wildman–Crippen MR) is 67.2 cm³/mol. The van der Waals surface area contributed by atoms with Gasteiger partial charge in [0.1, 0.15) is 12.4 Å². The highest BCUT2D eigenvalue weighted by Crippen LogP contribution is 2.10. The monoisotopic (exact) mass is 313 g/mol. The summed E-state index contributed by atoms with van der Waals surface area (Å²) in [6.45, 7) is -0.0395. The number of nitrogens with one attached hydrogen (secondary N) is 1. The summed E-state index contributed by atoms with van der Waals surface area (Å²) in [6, 6.07) is 5.47. The molecule has 8 heteroatoms. The normalized spacial score (nSPS) is 10.3. The standard InChI is InChI=1S/C10H9BrFN5O/c11-9-15-10(13)16-17(9)5-8(18)14-7-3-1-6(12)2-4-7/h1-4H,5H2,(H2,13,16)(H,14,18). The number of aromatic nitrogens is 3. The van der Waals surface area contributed by atoms with Crippen molar-refractivity contribution < 1.29 is 9.18 Å². The molecule has 0 fully saturated rings. The molecule has 2 rings (SSSR count). The van der Waals surface area contributed by atoms with Gasteiger partial charge in [0.2, 0.25) is 11.9 Å². The molecule has 0 unspecified atom stereocenters. The van der Waals surface area contributed by atoms with Crippen molar-refractivity contribution in [3.63, 3.8) is 0 Å². The average molecular weight is 314 g/mol. The molecule has 1 heterocycles. The van der Waals surface area contributed by atoms with E-state index in [1.165, 1.54) is 28.9 Å². The zero-order valence-corrected chi connectivity index (χ0v) is 10.7. The molecule has 1 aromatic heterocycles. The lowest BCUT2D eigenvalue weighted by Crippen LogP contribution is -2.19. The van der Waals surface area contributed by atoms with Crippen LogP contribution in [0.3, 0.4) is 0 Å². The van der Waals surface area contributed by atoms with Crippen molar-refractivity contribution in [1.29, 1.82) is 0 Å². The quantitative estimate of drug-likeness (QED) is 0.897. The molecule has 0 spiro atoms. The Kier molecular flexibility index (Phi) is 3.56. The van der Waals surface area contributed by atoms with Gasteiger partial charge < -0.3 is 11.1 Å². The highest BCUT2D eigenvalue weighted by Gasteiger charge is 2.09. The number of carbonyl (C=O) groups excluding carboxylic acids is 1. The molecule has 18 heavy (non-hydrogen) atoms. The Morgan fingerprint density at radius 2 is 2.11 bits per heavy atom. The first-order valence-corrected chi connectivity index (χ1v) is 5.75. The third-order valence-corrected chi connectivity index (χ3v) is 2.65. The number of halogens is 2. The van der Waals surface area contributed by atoms with E-state index in [-0.39, 0.29) is 24.2 Å². The Morgan fingerprint density at radius 3 is 2.67 bits per heavy atom. The summed E-state index contributed by atoms with van der Waals surface area (Å²) in [7, 11) is 0. The van der Waals surface area contributed by atoms with E-state index in [4.69, 9.17) is 5.73 Å². The Labute approximate surface area is 110 Å². The van der Waals surface area contributed by atoms with Gasteiger partial charge in [0, 0.05) is 5.69 Å². The lowest BCUT2D eigenvalue weighted by atomic mass is 10.3. The summed E-state index contributed by atoms with van der Waals surface area (Å²) in [6.07, 6.45) is 0. The summed E-state index contributed by atoms with van der Waals surface area (Å²) in [5, 5.41) is 6.42. The molecule has 0 bridgehead atoms. The lowest BCUT2D eigenvalue weighted by Gasteiger charge is -2.05. The average Bonchev–Trinajstić information content (AvgIpc) is 2.61. The number of rotatable bonds is 3. The molecule has 0 aliphatic heterocycles. The fourth-order valence-corrected chi connectivity index (χ4v) is 1.70. The first-order chi connectivity index (χ1) is 8.54. The number of nitrogen functional groups attached to an aromatic ring is 1. The van der Waals surface area contributed by atoms with Crippen molar-refractivity contribution in [3.05, 3.63) is 34.8 Å². The van der Waals surface area contributed by atoms with Crippen LogP contribution in [0.25, 0.3) is 0 Å². The Morgan fingerprint density at radius 1 is 1.44 bits per heavy atom. The number of hydrogen-bond acceptors (Lipinski definition) is 4. The minimum atomic E-state index is -0.361. The second kappa shape index (κ2) is 5.13. The van der Waals surface area contributed by atoms with Crippen LogP contribution in [-0.2, 0) is 11.3 Å². The summed E-state index contributed by atoms with van der Waals surface area (Å²) in [4.78, 5) is 15.5. The summed E-state index contributed by atoms with van der Waals surface area (Å²) >= 11 is 3.12. The van der Waals surface area contributed by atoms with Gasteiger partial charge in [0.25, 0.3) is 0 Å². The van der Waals surface area contributed by atoms with Gasteiger partial charge in [0.05, 0.1) is 0 Å². The molecular formula is C10H9BrFN5O. The molecule has 2 aromatic rings. The van der Waals surface area contributed by atoms with Crippen LogP contribution in [0.2, 0.25) is 0 Å². The smallest absolute Gasteiger partial charge is 0.246 e. The third kappa shape index (κ3) is 3.04. The van der Waals surface area contributed by atoms with Gasteiger partial charge in [-0.1, -0.05) is 0 Å². The van der Waals surface area contributed by atoms with Crippen molar-refractivity contribution in [2.45, 2.75) is 6.54 Å². The molecule has 1 amide bonds. The minimum Gasteiger partial charge on any atom is -0.366 e. The zero-order valence-electron chi connectivity index (χ0n) is 9.10. The highest BCUT2D eigenvalue weighted by atomic mass is 79.9. The molecule has 0 saturated heterocycles. The number of anilines is 2. The first-order valence-electron chi connectivity index (χ1n) is 4.96. The van der Waals surface area contributed by atoms with Crippen LogP contribution in [0.5, 0.6) is 0 Å². The van der Waals surface area contributed by atoms with E-state index in [9.17, 15) is 9.18 Å². The molecule has 6 nitrogen and oxygen atoms in total. The van der Waals surface area contributed by atoms with Crippen LogP contribution in [0.1, 0.15) is 0 Å². The second-order valence-electron chi connectivity index (χ2n) is 3.45.